The molecule has 5 heteroatoms. The summed E-state index contributed by atoms with van der Waals surface area (Å²) in [6, 6.07) is 0. The molecule has 3 unspecified atom stereocenters. The van der Waals surface area contributed by atoms with Crippen LogP contribution in [0.15, 0.2) is 11.6 Å². The SMILES string of the molecule is CC(C)=CC1C(C(=O)NCC(O)CN2CCOCC2)C1(C)C. The molecule has 1 aliphatic heterocycles. The van der Waals surface area contributed by atoms with Crippen LogP contribution in [0.3, 0.4) is 0 Å². The van der Waals surface area contributed by atoms with Crippen LogP contribution in [0.1, 0.15) is 27.7 Å². The van der Waals surface area contributed by atoms with Gasteiger partial charge in [0.05, 0.1) is 25.2 Å². The number of aliphatic hydroxyl groups excluding tert-OH is 1. The molecular formula is C17H30N2O3. The van der Waals surface area contributed by atoms with Gasteiger partial charge in [0.2, 0.25) is 5.91 Å². The third kappa shape index (κ3) is 4.31. The van der Waals surface area contributed by atoms with Gasteiger partial charge in [0.1, 0.15) is 0 Å². The smallest absolute Gasteiger partial charge is 0.224 e. The standard InChI is InChI=1S/C17H30N2O3/c1-12(2)9-14-15(17(14,3)4)16(21)18-10-13(20)11-19-5-7-22-8-6-19/h9,13-15,20H,5-8,10-11H2,1-4H3,(H,18,21). The van der Waals surface area contributed by atoms with Gasteiger partial charge in [-0.1, -0.05) is 25.5 Å². The van der Waals surface area contributed by atoms with Crippen LogP contribution < -0.4 is 5.32 Å². The Balaban J connectivity index is 1.74. The van der Waals surface area contributed by atoms with Crippen molar-refractivity contribution in [3.63, 3.8) is 0 Å². The minimum Gasteiger partial charge on any atom is -0.390 e. The predicted octanol–water partition coefficient (Wildman–Crippen LogP) is 1.03. The van der Waals surface area contributed by atoms with Crippen molar-refractivity contribution in [3.8, 4) is 0 Å². The van der Waals surface area contributed by atoms with E-state index >= 15 is 0 Å². The number of nitrogens with one attached hydrogen (secondary N) is 1. The lowest BCUT2D eigenvalue weighted by atomic mass is 10.1. The quantitative estimate of drug-likeness (QED) is 0.720. The zero-order valence-corrected chi connectivity index (χ0v) is 14.3. The minimum absolute atomic E-state index is 0.0243. The largest absolute Gasteiger partial charge is 0.390 e. The van der Waals surface area contributed by atoms with E-state index in [0.717, 1.165) is 26.3 Å². The summed E-state index contributed by atoms with van der Waals surface area (Å²) in [5.74, 6) is 0.403. The zero-order chi connectivity index (χ0) is 16.3. The number of morpholine rings is 1. The number of carbonyl (C=O) groups excluding carboxylic acids is 1. The van der Waals surface area contributed by atoms with Gasteiger partial charge in [-0.15, -0.1) is 0 Å². The Kier molecular flexibility index (Phi) is 5.64. The Morgan fingerprint density at radius 1 is 1.41 bits per heavy atom. The summed E-state index contributed by atoms with van der Waals surface area (Å²) in [7, 11) is 0. The number of hydrogen-bond acceptors (Lipinski definition) is 4. The molecule has 0 aromatic heterocycles. The van der Waals surface area contributed by atoms with Crippen molar-refractivity contribution < 1.29 is 14.6 Å². The highest BCUT2D eigenvalue weighted by Gasteiger charge is 2.60. The van der Waals surface area contributed by atoms with Gasteiger partial charge in [-0.2, -0.15) is 0 Å². The van der Waals surface area contributed by atoms with E-state index in [1.165, 1.54) is 5.57 Å². The molecule has 1 heterocycles. The Morgan fingerprint density at radius 3 is 2.64 bits per heavy atom. The molecule has 0 radical (unpaired) electrons. The maximum atomic E-state index is 12.3. The third-order valence-corrected chi connectivity index (χ3v) is 4.79. The minimum atomic E-state index is -0.522. The molecule has 3 atom stereocenters. The molecule has 1 amide bonds. The third-order valence-electron chi connectivity index (χ3n) is 4.79. The summed E-state index contributed by atoms with van der Waals surface area (Å²) in [6.45, 7) is 12.5. The van der Waals surface area contributed by atoms with Crippen LogP contribution in [0.25, 0.3) is 0 Å². The molecule has 1 saturated heterocycles. The van der Waals surface area contributed by atoms with E-state index in [1.54, 1.807) is 0 Å². The van der Waals surface area contributed by atoms with Gasteiger partial charge in [0.15, 0.2) is 0 Å². The first kappa shape index (κ1) is 17.4. The first-order valence-corrected chi connectivity index (χ1v) is 8.23. The van der Waals surface area contributed by atoms with Crippen LogP contribution in [0.2, 0.25) is 0 Å². The fourth-order valence-corrected chi connectivity index (χ4v) is 3.32. The Bertz CT molecular complexity index is 424. The van der Waals surface area contributed by atoms with Gasteiger partial charge >= 0.3 is 0 Å². The summed E-state index contributed by atoms with van der Waals surface area (Å²) in [6.07, 6.45) is 1.67. The van der Waals surface area contributed by atoms with Crippen molar-refractivity contribution in [2.45, 2.75) is 33.8 Å². The number of aliphatic hydroxyl groups is 1. The molecule has 2 rings (SSSR count). The first-order chi connectivity index (χ1) is 10.3. The maximum Gasteiger partial charge on any atom is 0.224 e. The van der Waals surface area contributed by atoms with E-state index in [0.29, 0.717) is 19.0 Å². The second-order valence-corrected chi connectivity index (χ2v) is 7.38. The van der Waals surface area contributed by atoms with Gasteiger partial charge in [0.25, 0.3) is 0 Å². The molecule has 0 spiro atoms. The summed E-state index contributed by atoms with van der Waals surface area (Å²) < 4.78 is 5.29. The Labute approximate surface area is 133 Å². The lowest BCUT2D eigenvalue weighted by molar-refractivity contribution is -0.123. The lowest BCUT2D eigenvalue weighted by Crippen LogP contribution is -2.44. The number of β-amino-alcohol motifs (C(OH)–C–C–N with tert-alkyl or cyclic N) is 1. The van der Waals surface area contributed by atoms with E-state index in [1.807, 2.05) is 0 Å². The van der Waals surface area contributed by atoms with Crippen molar-refractivity contribution in [1.82, 2.24) is 10.2 Å². The summed E-state index contributed by atoms with van der Waals surface area (Å²) in [4.78, 5) is 14.5. The molecule has 0 aromatic rings. The monoisotopic (exact) mass is 310 g/mol. The average Bonchev–Trinajstić information content (AvgIpc) is 2.97. The summed E-state index contributed by atoms with van der Waals surface area (Å²) in [5, 5.41) is 13.0. The molecule has 5 nitrogen and oxygen atoms in total. The number of hydrogen-bond donors (Lipinski definition) is 2. The van der Waals surface area contributed by atoms with Crippen molar-refractivity contribution in [2.24, 2.45) is 17.3 Å². The van der Waals surface area contributed by atoms with Crippen molar-refractivity contribution in [2.75, 3.05) is 39.4 Å². The molecule has 0 aromatic carbocycles. The fourth-order valence-electron chi connectivity index (χ4n) is 3.32. The fraction of sp³-hybridized carbons (Fsp3) is 0.824. The molecule has 2 N–H and O–H groups in total. The molecule has 1 saturated carbocycles. The van der Waals surface area contributed by atoms with Crippen LogP contribution in [-0.2, 0) is 9.53 Å². The molecule has 2 fully saturated rings. The van der Waals surface area contributed by atoms with Gasteiger partial charge in [-0.3, -0.25) is 9.69 Å². The van der Waals surface area contributed by atoms with Crippen molar-refractivity contribution in [3.05, 3.63) is 11.6 Å². The van der Waals surface area contributed by atoms with Crippen molar-refractivity contribution >= 4 is 5.91 Å². The van der Waals surface area contributed by atoms with E-state index in [2.05, 4.69) is 44.0 Å². The normalized spacial score (nSPS) is 28.8. The van der Waals surface area contributed by atoms with Gasteiger partial charge < -0.3 is 15.2 Å². The number of carbonyl (C=O) groups is 1. The van der Waals surface area contributed by atoms with E-state index in [4.69, 9.17) is 4.74 Å². The van der Waals surface area contributed by atoms with E-state index in [-0.39, 0.29) is 17.2 Å². The topological polar surface area (TPSA) is 61.8 Å². The average molecular weight is 310 g/mol. The zero-order valence-electron chi connectivity index (χ0n) is 14.3. The van der Waals surface area contributed by atoms with Gasteiger partial charge in [0, 0.05) is 26.2 Å². The van der Waals surface area contributed by atoms with Crippen LogP contribution >= 0.6 is 0 Å². The second-order valence-electron chi connectivity index (χ2n) is 7.38. The molecule has 2 aliphatic rings. The van der Waals surface area contributed by atoms with Crippen molar-refractivity contribution in [1.29, 1.82) is 0 Å². The van der Waals surface area contributed by atoms with E-state index < -0.39 is 6.10 Å². The number of allylic oxidation sites excluding steroid dienone is 2. The van der Waals surface area contributed by atoms with Crippen LogP contribution in [0.4, 0.5) is 0 Å². The second kappa shape index (κ2) is 7.11. The highest BCUT2D eigenvalue weighted by Crippen LogP contribution is 2.59. The van der Waals surface area contributed by atoms with Crippen LogP contribution in [-0.4, -0.2) is 61.4 Å². The summed E-state index contributed by atoms with van der Waals surface area (Å²) >= 11 is 0. The van der Waals surface area contributed by atoms with E-state index in [9.17, 15) is 9.90 Å². The Morgan fingerprint density at radius 2 is 2.05 bits per heavy atom. The highest BCUT2D eigenvalue weighted by molar-refractivity contribution is 5.83. The molecule has 1 aliphatic carbocycles. The number of rotatable bonds is 6. The number of ether oxygens (including phenoxy) is 1. The number of amides is 1. The highest BCUT2D eigenvalue weighted by atomic mass is 16.5. The molecule has 0 bridgehead atoms. The first-order valence-electron chi connectivity index (χ1n) is 8.23. The maximum absolute atomic E-state index is 12.3. The van der Waals surface area contributed by atoms with Gasteiger partial charge in [-0.25, -0.2) is 0 Å². The summed E-state index contributed by atoms with van der Waals surface area (Å²) in [5.41, 5.74) is 1.27. The lowest BCUT2D eigenvalue weighted by Gasteiger charge is -2.28. The van der Waals surface area contributed by atoms with Crippen LogP contribution in [0.5, 0.6) is 0 Å². The predicted molar refractivity (Wildman–Crippen MR) is 86.5 cm³/mol. The molecular weight excluding hydrogens is 280 g/mol. The molecule has 126 valence electrons. The van der Waals surface area contributed by atoms with Gasteiger partial charge in [-0.05, 0) is 25.2 Å². The Hall–Kier alpha value is -0.910. The number of nitrogens with zero attached hydrogens (tertiary/aromatic N) is 1. The van der Waals surface area contributed by atoms with Crippen LogP contribution in [0, 0.1) is 17.3 Å². The molecule has 22 heavy (non-hydrogen) atoms.